The number of thiazole rings is 1. The molecule has 0 aliphatic heterocycles. The summed E-state index contributed by atoms with van der Waals surface area (Å²) in [4.78, 5) is 20.5. The number of anilines is 2. The zero-order valence-corrected chi connectivity index (χ0v) is 12.1. The maximum absolute atomic E-state index is 12.0. The van der Waals surface area contributed by atoms with Gasteiger partial charge in [-0.15, -0.1) is 0 Å². The average molecular weight is 296 g/mol. The highest BCUT2D eigenvalue weighted by Gasteiger charge is 2.15. The fraction of sp³-hybridized carbons (Fsp3) is 0.455. The summed E-state index contributed by atoms with van der Waals surface area (Å²) in [6.45, 7) is 4.81. The second-order valence-corrected chi connectivity index (χ2v) is 5.00. The van der Waals surface area contributed by atoms with E-state index in [0.717, 1.165) is 6.54 Å². The largest absolute Gasteiger partial charge is 0.382 e. The molecule has 2 aromatic heterocycles. The van der Waals surface area contributed by atoms with Crippen molar-refractivity contribution in [1.82, 2.24) is 20.4 Å². The van der Waals surface area contributed by atoms with Crippen LogP contribution in [-0.2, 0) is 6.42 Å². The summed E-state index contributed by atoms with van der Waals surface area (Å²) >= 11 is 1.23. The molecule has 4 N–H and O–H groups in total. The van der Waals surface area contributed by atoms with Gasteiger partial charge in [-0.1, -0.05) is 16.5 Å². The molecule has 0 unspecified atom stereocenters. The number of nitrogens with one attached hydrogen (secondary N) is 2. The normalized spacial score (nSPS) is 10.5. The van der Waals surface area contributed by atoms with Crippen molar-refractivity contribution in [3.63, 3.8) is 0 Å². The van der Waals surface area contributed by atoms with E-state index in [1.165, 1.54) is 11.3 Å². The van der Waals surface area contributed by atoms with Crippen molar-refractivity contribution in [1.29, 1.82) is 0 Å². The van der Waals surface area contributed by atoms with Gasteiger partial charge in [-0.3, -0.25) is 4.79 Å². The van der Waals surface area contributed by atoms with Crippen molar-refractivity contribution in [2.75, 3.05) is 24.1 Å². The standard InChI is InChI=1S/C11H16N6O2S/c1-3-13-11-16-9(12)8(20-11)10(18)14-5-4-7-15-6(2)17-19-7/h3-5,12H2,1-2H3,(H,13,16)(H,14,18). The number of rotatable bonds is 6. The van der Waals surface area contributed by atoms with Crippen LogP contribution >= 0.6 is 11.3 Å². The second kappa shape index (κ2) is 6.33. The van der Waals surface area contributed by atoms with Crippen LogP contribution in [0, 0.1) is 6.92 Å². The highest BCUT2D eigenvalue weighted by atomic mass is 32.1. The van der Waals surface area contributed by atoms with E-state index >= 15 is 0 Å². The number of nitrogen functional groups attached to an aromatic ring is 1. The van der Waals surface area contributed by atoms with Crippen molar-refractivity contribution in [2.24, 2.45) is 0 Å². The van der Waals surface area contributed by atoms with Gasteiger partial charge in [0.15, 0.2) is 11.0 Å². The molecule has 0 bridgehead atoms. The lowest BCUT2D eigenvalue weighted by Gasteiger charge is -2.01. The number of aryl methyl sites for hydroxylation is 1. The van der Waals surface area contributed by atoms with Crippen LogP contribution in [0.1, 0.15) is 28.3 Å². The predicted octanol–water partition coefficient (Wildman–Crippen LogP) is 0.821. The summed E-state index contributed by atoms with van der Waals surface area (Å²) in [7, 11) is 0. The SMILES string of the molecule is CCNc1nc(N)c(C(=O)NCCc2nc(C)no2)s1. The molecule has 0 saturated carbocycles. The molecular formula is C11H16N6O2S. The minimum absolute atomic E-state index is 0.233. The van der Waals surface area contributed by atoms with Crippen LogP contribution in [0.25, 0.3) is 0 Å². The van der Waals surface area contributed by atoms with Crippen molar-refractivity contribution in [3.8, 4) is 0 Å². The van der Waals surface area contributed by atoms with E-state index in [9.17, 15) is 4.79 Å². The van der Waals surface area contributed by atoms with Gasteiger partial charge in [0, 0.05) is 19.5 Å². The fourth-order valence-electron chi connectivity index (χ4n) is 1.53. The lowest BCUT2D eigenvalue weighted by molar-refractivity contribution is 0.0958. The number of aromatic nitrogens is 3. The van der Waals surface area contributed by atoms with Crippen LogP contribution in [0.2, 0.25) is 0 Å². The van der Waals surface area contributed by atoms with Crippen LogP contribution < -0.4 is 16.4 Å². The van der Waals surface area contributed by atoms with E-state index in [4.69, 9.17) is 10.3 Å². The molecule has 0 aliphatic rings. The summed E-state index contributed by atoms with van der Waals surface area (Å²) in [5.41, 5.74) is 5.72. The molecule has 2 heterocycles. The Hall–Kier alpha value is -2.16. The molecule has 20 heavy (non-hydrogen) atoms. The number of amides is 1. The minimum Gasteiger partial charge on any atom is -0.382 e. The smallest absolute Gasteiger partial charge is 0.265 e. The average Bonchev–Trinajstić information content (AvgIpc) is 2.96. The van der Waals surface area contributed by atoms with Crippen molar-refractivity contribution in [3.05, 3.63) is 16.6 Å². The topological polar surface area (TPSA) is 119 Å². The van der Waals surface area contributed by atoms with Gasteiger partial charge in [0.1, 0.15) is 10.7 Å². The molecule has 0 atom stereocenters. The Morgan fingerprint density at radius 1 is 1.45 bits per heavy atom. The van der Waals surface area contributed by atoms with E-state index in [0.29, 0.717) is 34.7 Å². The second-order valence-electron chi connectivity index (χ2n) is 4.00. The Labute approximate surface area is 119 Å². The van der Waals surface area contributed by atoms with Gasteiger partial charge in [-0.25, -0.2) is 4.98 Å². The molecule has 8 nitrogen and oxygen atoms in total. The molecule has 0 aromatic carbocycles. The van der Waals surface area contributed by atoms with E-state index < -0.39 is 0 Å². The predicted molar refractivity (Wildman–Crippen MR) is 75.8 cm³/mol. The van der Waals surface area contributed by atoms with Crippen LogP contribution in [0.4, 0.5) is 10.9 Å². The quantitative estimate of drug-likeness (QED) is 0.722. The van der Waals surface area contributed by atoms with E-state index in [1.54, 1.807) is 6.92 Å². The first-order valence-corrected chi connectivity index (χ1v) is 6.99. The zero-order valence-electron chi connectivity index (χ0n) is 11.3. The molecule has 108 valence electrons. The number of nitrogens with two attached hydrogens (primary N) is 1. The fourth-order valence-corrected chi connectivity index (χ4v) is 2.40. The Balaban J connectivity index is 1.88. The highest BCUT2D eigenvalue weighted by molar-refractivity contribution is 7.18. The van der Waals surface area contributed by atoms with Gasteiger partial charge in [0.05, 0.1) is 0 Å². The van der Waals surface area contributed by atoms with E-state index in [-0.39, 0.29) is 11.7 Å². The third-order valence-corrected chi connectivity index (χ3v) is 3.41. The Morgan fingerprint density at radius 2 is 2.25 bits per heavy atom. The molecule has 0 radical (unpaired) electrons. The highest BCUT2D eigenvalue weighted by Crippen LogP contribution is 2.24. The molecule has 9 heteroatoms. The van der Waals surface area contributed by atoms with Gasteiger partial charge in [0.2, 0.25) is 5.89 Å². The maximum Gasteiger partial charge on any atom is 0.265 e. The molecular weight excluding hydrogens is 280 g/mol. The van der Waals surface area contributed by atoms with Gasteiger partial charge in [0.25, 0.3) is 5.91 Å². The lowest BCUT2D eigenvalue weighted by atomic mass is 10.4. The number of nitrogens with zero attached hydrogens (tertiary/aromatic N) is 3. The monoisotopic (exact) mass is 296 g/mol. The third-order valence-electron chi connectivity index (χ3n) is 2.38. The summed E-state index contributed by atoms with van der Waals surface area (Å²) < 4.78 is 4.95. The molecule has 0 aliphatic carbocycles. The Bertz CT molecular complexity index is 594. The summed E-state index contributed by atoms with van der Waals surface area (Å²) in [6, 6.07) is 0. The molecule has 0 fully saturated rings. The minimum atomic E-state index is -0.250. The third kappa shape index (κ3) is 3.44. The van der Waals surface area contributed by atoms with Crippen LogP contribution in [0.3, 0.4) is 0 Å². The number of hydrogen-bond donors (Lipinski definition) is 3. The van der Waals surface area contributed by atoms with E-state index in [1.807, 2.05) is 6.92 Å². The van der Waals surface area contributed by atoms with E-state index in [2.05, 4.69) is 25.8 Å². The molecule has 2 rings (SSSR count). The Kier molecular flexibility index (Phi) is 4.51. The lowest BCUT2D eigenvalue weighted by Crippen LogP contribution is -2.25. The molecule has 2 aromatic rings. The van der Waals surface area contributed by atoms with Gasteiger partial charge in [-0.05, 0) is 13.8 Å². The Morgan fingerprint density at radius 3 is 2.90 bits per heavy atom. The zero-order chi connectivity index (χ0) is 14.5. The summed E-state index contributed by atoms with van der Waals surface area (Å²) in [5.74, 6) is 1.05. The molecule has 0 saturated heterocycles. The van der Waals surface area contributed by atoms with Gasteiger partial charge < -0.3 is 20.9 Å². The molecule has 1 amide bonds. The first kappa shape index (κ1) is 14.3. The number of carbonyl (C=O) groups is 1. The summed E-state index contributed by atoms with van der Waals surface area (Å²) in [5, 5.41) is 10.1. The maximum atomic E-state index is 12.0. The number of hydrogen-bond acceptors (Lipinski definition) is 8. The summed E-state index contributed by atoms with van der Waals surface area (Å²) in [6.07, 6.45) is 0.478. The van der Waals surface area contributed by atoms with Crippen molar-refractivity contribution >= 4 is 28.2 Å². The van der Waals surface area contributed by atoms with Crippen LogP contribution in [0.5, 0.6) is 0 Å². The number of carbonyl (C=O) groups excluding carboxylic acids is 1. The molecule has 0 spiro atoms. The van der Waals surface area contributed by atoms with Gasteiger partial charge >= 0.3 is 0 Å². The van der Waals surface area contributed by atoms with Crippen molar-refractivity contribution in [2.45, 2.75) is 20.3 Å². The van der Waals surface area contributed by atoms with Crippen molar-refractivity contribution < 1.29 is 9.32 Å². The van der Waals surface area contributed by atoms with Crippen LogP contribution in [-0.4, -0.2) is 34.1 Å². The first-order chi connectivity index (χ1) is 9.60. The first-order valence-electron chi connectivity index (χ1n) is 6.17. The van der Waals surface area contributed by atoms with Gasteiger partial charge in [-0.2, -0.15) is 4.98 Å². The van der Waals surface area contributed by atoms with Crippen LogP contribution in [0.15, 0.2) is 4.52 Å².